The average molecular weight is 239 g/mol. The first-order valence-corrected chi connectivity index (χ1v) is 5.31. The number of hydrogen-bond acceptors (Lipinski definition) is 4. The minimum absolute atomic E-state index is 0.00890. The summed E-state index contributed by atoms with van der Waals surface area (Å²) in [4.78, 5) is 10.5. The van der Waals surface area contributed by atoms with Gasteiger partial charge in [0.15, 0.2) is 11.5 Å². The van der Waals surface area contributed by atoms with Gasteiger partial charge in [0.1, 0.15) is 0 Å². The van der Waals surface area contributed by atoms with E-state index in [4.69, 9.17) is 15.6 Å². The highest BCUT2D eigenvalue weighted by Crippen LogP contribution is 2.36. The minimum atomic E-state index is -0.902. The lowest BCUT2D eigenvalue weighted by Crippen LogP contribution is -2.14. The quantitative estimate of drug-likeness (QED) is 0.725. The van der Waals surface area contributed by atoms with Crippen LogP contribution in [0.3, 0.4) is 0 Å². The highest BCUT2D eigenvalue weighted by molar-refractivity contribution is 5.66. The van der Waals surface area contributed by atoms with Crippen LogP contribution in [0.15, 0.2) is 12.1 Å². The first-order chi connectivity index (χ1) is 7.97. The second-order valence-corrected chi connectivity index (χ2v) is 3.89. The lowest BCUT2D eigenvalue weighted by atomic mass is 9.96. The molecule has 0 amide bonds. The molecular weight excluding hydrogens is 222 g/mol. The summed E-state index contributed by atoms with van der Waals surface area (Å²) in [7, 11) is 1.46. The van der Waals surface area contributed by atoms with Crippen LogP contribution >= 0.6 is 0 Å². The van der Waals surface area contributed by atoms with Crippen molar-refractivity contribution >= 4 is 5.97 Å². The molecule has 1 aromatic carbocycles. The summed E-state index contributed by atoms with van der Waals surface area (Å²) in [5.74, 6) is -0.567. The number of phenolic OH excluding ortho intramolecular Hbond substituents is 1. The van der Waals surface area contributed by atoms with Gasteiger partial charge in [-0.05, 0) is 25.0 Å². The molecule has 0 saturated heterocycles. The molecule has 0 saturated carbocycles. The lowest BCUT2D eigenvalue weighted by molar-refractivity contribution is -0.137. The Morgan fingerprint density at radius 2 is 2.18 bits per heavy atom. The zero-order valence-electron chi connectivity index (χ0n) is 9.93. The number of nitrogens with two attached hydrogens (primary N) is 1. The fourth-order valence-corrected chi connectivity index (χ4v) is 1.74. The van der Waals surface area contributed by atoms with Crippen molar-refractivity contribution in [1.82, 2.24) is 0 Å². The average Bonchev–Trinajstić information content (AvgIpc) is 2.26. The minimum Gasteiger partial charge on any atom is -0.504 e. The van der Waals surface area contributed by atoms with Crippen molar-refractivity contribution in [3.63, 3.8) is 0 Å². The number of hydrogen-bond donors (Lipinski definition) is 3. The maximum Gasteiger partial charge on any atom is 0.303 e. The van der Waals surface area contributed by atoms with Crippen molar-refractivity contribution in [3.05, 3.63) is 23.3 Å². The molecule has 0 aromatic heterocycles. The number of benzene rings is 1. The van der Waals surface area contributed by atoms with Crippen LogP contribution in [0.25, 0.3) is 0 Å². The number of aryl methyl sites for hydroxylation is 1. The largest absolute Gasteiger partial charge is 0.504 e. The van der Waals surface area contributed by atoms with E-state index in [1.54, 1.807) is 12.1 Å². The molecule has 5 nitrogen and oxygen atoms in total. The number of carbonyl (C=O) groups is 1. The van der Waals surface area contributed by atoms with Gasteiger partial charge in [-0.15, -0.1) is 0 Å². The third kappa shape index (κ3) is 3.10. The van der Waals surface area contributed by atoms with Crippen molar-refractivity contribution in [2.45, 2.75) is 25.8 Å². The standard InChI is InChI=1S/C12H17NO4/c1-7-3-5-9(17-2)12(16)11(7)8(13)4-6-10(14)15/h3,5,8,16H,4,6,13H2,1-2H3,(H,14,15). The maximum absolute atomic E-state index is 10.5. The summed E-state index contributed by atoms with van der Waals surface area (Å²) < 4.78 is 4.99. The number of rotatable bonds is 5. The molecule has 5 heteroatoms. The summed E-state index contributed by atoms with van der Waals surface area (Å²) in [6.07, 6.45) is 0.244. The molecule has 17 heavy (non-hydrogen) atoms. The molecule has 0 aliphatic rings. The fraction of sp³-hybridized carbons (Fsp3) is 0.417. The molecule has 0 heterocycles. The van der Waals surface area contributed by atoms with E-state index in [1.165, 1.54) is 7.11 Å². The molecule has 0 spiro atoms. The summed E-state index contributed by atoms with van der Waals surface area (Å²) >= 11 is 0. The summed E-state index contributed by atoms with van der Waals surface area (Å²) in [5.41, 5.74) is 7.26. The molecule has 0 aliphatic heterocycles. The molecule has 1 unspecified atom stereocenters. The Morgan fingerprint density at radius 1 is 1.53 bits per heavy atom. The van der Waals surface area contributed by atoms with Crippen molar-refractivity contribution in [2.24, 2.45) is 5.73 Å². The third-order valence-corrected chi connectivity index (χ3v) is 2.66. The zero-order valence-corrected chi connectivity index (χ0v) is 9.93. The molecule has 94 valence electrons. The van der Waals surface area contributed by atoms with Crippen molar-refractivity contribution in [3.8, 4) is 11.5 Å². The SMILES string of the molecule is COc1ccc(C)c(C(N)CCC(=O)O)c1O. The Hall–Kier alpha value is -1.75. The first kappa shape index (κ1) is 13.3. The second kappa shape index (κ2) is 5.54. The van der Waals surface area contributed by atoms with Crippen LogP contribution in [-0.2, 0) is 4.79 Å². The number of carboxylic acids is 1. The molecular formula is C12H17NO4. The Bertz CT molecular complexity index is 417. The van der Waals surface area contributed by atoms with Gasteiger partial charge in [0.2, 0.25) is 0 Å². The number of aliphatic carboxylic acids is 1. The first-order valence-electron chi connectivity index (χ1n) is 5.31. The Labute approximate surface area is 99.8 Å². The van der Waals surface area contributed by atoms with Gasteiger partial charge in [0.05, 0.1) is 7.11 Å². The summed E-state index contributed by atoms with van der Waals surface area (Å²) in [5, 5.41) is 18.6. The summed E-state index contributed by atoms with van der Waals surface area (Å²) in [6.45, 7) is 1.81. The van der Waals surface area contributed by atoms with Gasteiger partial charge >= 0.3 is 5.97 Å². The number of methoxy groups -OCH3 is 1. The van der Waals surface area contributed by atoms with E-state index in [-0.39, 0.29) is 18.6 Å². The van der Waals surface area contributed by atoms with E-state index in [9.17, 15) is 9.90 Å². The molecule has 0 aliphatic carbocycles. The fourth-order valence-electron chi connectivity index (χ4n) is 1.74. The monoisotopic (exact) mass is 239 g/mol. The van der Waals surface area contributed by atoms with Gasteiger partial charge in [-0.25, -0.2) is 0 Å². The number of aromatic hydroxyl groups is 1. The Morgan fingerprint density at radius 3 is 2.71 bits per heavy atom. The van der Waals surface area contributed by atoms with Gasteiger partial charge in [-0.3, -0.25) is 4.79 Å². The van der Waals surface area contributed by atoms with Crippen LogP contribution in [0.5, 0.6) is 11.5 Å². The Balaban J connectivity index is 2.99. The van der Waals surface area contributed by atoms with E-state index in [0.29, 0.717) is 11.3 Å². The van der Waals surface area contributed by atoms with Gasteiger partial charge < -0.3 is 20.7 Å². The van der Waals surface area contributed by atoms with Crippen LogP contribution < -0.4 is 10.5 Å². The maximum atomic E-state index is 10.5. The van der Waals surface area contributed by atoms with Gasteiger partial charge in [-0.1, -0.05) is 6.07 Å². The topological polar surface area (TPSA) is 92.8 Å². The van der Waals surface area contributed by atoms with E-state index < -0.39 is 12.0 Å². The van der Waals surface area contributed by atoms with E-state index >= 15 is 0 Å². The number of carboxylic acid groups (broad SMARTS) is 1. The molecule has 0 fully saturated rings. The highest BCUT2D eigenvalue weighted by atomic mass is 16.5. The van der Waals surface area contributed by atoms with Crippen LogP contribution in [0.1, 0.15) is 30.0 Å². The van der Waals surface area contributed by atoms with Crippen molar-refractivity contribution < 1.29 is 19.7 Å². The van der Waals surface area contributed by atoms with Gasteiger partial charge in [0, 0.05) is 18.0 Å². The van der Waals surface area contributed by atoms with E-state index in [1.807, 2.05) is 6.92 Å². The van der Waals surface area contributed by atoms with E-state index in [2.05, 4.69) is 0 Å². The van der Waals surface area contributed by atoms with E-state index in [0.717, 1.165) is 5.56 Å². The van der Waals surface area contributed by atoms with Crippen molar-refractivity contribution in [1.29, 1.82) is 0 Å². The van der Waals surface area contributed by atoms with Crippen LogP contribution in [0, 0.1) is 6.92 Å². The zero-order chi connectivity index (χ0) is 13.0. The second-order valence-electron chi connectivity index (χ2n) is 3.89. The highest BCUT2D eigenvalue weighted by Gasteiger charge is 2.18. The third-order valence-electron chi connectivity index (χ3n) is 2.66. The lowest BCUT2D eigenvalue weighted by Gasteiger charge is -2.17. The molecule has 1 atom stereocenters. The van der Waals surface area contributed by atoms with Crippen LogP contribution in [-0.4, -0.2) is 23.3 Å². The van der Waals surface area contributed by atoms with Crippen molar-refractivity contribution in [2.75, 3.05) is 7.11 Å². The molecule has 0 radical (unpaired) electrons. The molecule has 1 rings (SSSR count). The number of ether oxygens (including phenoxy) is 1. The van der Waals surface area contributed by atoms with Crippen LogP contribution in [0.2, 0.25) is 0 Å². The predicted molar refractivity (Wildman–Crippen MR) is 63.2 cm³/mol. The van der Waals surface area contributed by atoms with Gasteiger partial charge in [0.25, 0.3) is 0 Å². The number of phenols is 1. The predicted octanol–water partition coefficient (Wildman–Crippen LogP) is 1.57. The molecule has 1 aromatic rings. The normalized spacial score (nSPS) is 12.2. The Kier molecular flexibility index (Phi) is 4.34. The van der Waals surface area contributed by atoms with Gasteiger partial charge in [-0.2, -0.15) is 0 Å². The smallest absolute Gasteiger partial charge is 0.303 e. The molecule has 0 bridgehead atoms. The van der Waals surface area contributed by atoms with Crippen LogP contribution in [0.4, 0.5) is 0 Å². The summed E-state index contributed by atoms with van der Waals surface area (Å²) in [6, 6.07) is 2.92. The molecule has 4 N–H and O–H groups in total.